The van der Waals surface area contributed by atoms with Gasteiger partial charge in [-0.2, -0.15) is 0 Å². The minimum absolute atomic E-state index is 0.0245. The number of unbranched alkanes of at least 4 members (excludes halogenated alkanes) is 55. The molecule has 0 aliphatic heterocycles. The van der Waals surface area contributed by atoms with Gasteiger partial charge in [-0.25, -0.2) is 0 Å². The summed E-state index contributed by atoms with van der Waals surface area (Å²) in [5.74, 6) is -0.0378. The second kappa shape index (κ2) is 66.1. The van der Waals surface area contributed by atoms with Crippen LogP contribution in [0.5, 0.6) is 0 Å². The molecule has 0 rings (SSSR count). The smallest absolute Gasteiger partial charge is 0.305 e. The van der Waals surface area contributed by atoms with E-state index in [-0.39, 0.29) is 18.5 Å². The van der Waals surface area contributed by atoms with Gasteiger partial charge in [-0.1, -0.05) is 366 Å². The first-order valence-electron chi connectivity index (χ1n) is 35.0. The number of nitrogens with one attached hydrogen (secondary N) is 1. The molecule has 0 spiro atoms. The highest BCUT2D eigenvalue weighted by Gasteiger charge is 2.18. The summed E-state index contributed by atoms with van der Waals surface area (Å²) in [5, 5.41) is 23.0. The molecule has 0 saturated carbocycles. The van der Waals surface area contributed by atoms with Crippen LogP contribution in [0.2, 0.25) is 0 Å². The van der Waals surface area contributed by atoms with Gasteiger partial charge in [0.2, 0.25) is 5.91 Å². The van der Waals surface area contributed by atoms with Gasteiger partial charge < -0.3 is 20.3 Å². The Morgan fingerprint density at radius 3 is 0.895 bits per heavy atom. The zero-order chi connectivity index (χ0) is 55.0. The second-order valence-electron chi connectivity index (χ2n) is 24.2. The van der Waals surface area contributed by atoms with Gasteiger partial charge in [-0.05, 0) is 32.1 Å². The lowest BCUT2D eigenvalue weighted by molar-refractivity contribution is -0.143. The zero-order valence-electron chi connectivity index (χ0n) is 51.8. The molecule has 2 atom stereocenters. The van der Waals surface area contributed by atoms with Crippen LogP contribution in [0, 0.1) is 0 Å². The van der Waals surface area contributed by atoms with E-state index in [0.29, 0.717) is 19.4 Å². The van der Waals surface area contributed by atoms with E-state index in [1.807, 2.05) is 6.08 Å². The predicted octanol–water partition coefficient (Wildman–Crippen LogP) is 22.4. The predicted molar refractivity (Wildman–Crippen MR) is 333 cm³/mol. The van der Waals surface area contributed by atoms with Crippen LogP contribution in [0.4, 0.5) is 0 Å². The van der Waals surface area contributed by atoms with E-state index in [2.05, 4.69) is 19.2 Å². The van der Waals surface area contributed by atoms with Gasteiger partial charge in [0.05, 0.1) is 25.4 Å². The van der Waals surface area contributed by atoms with Crippen molar-refractivity contribution in [1.82, 2.24) is 5.32 Å². The number of rotatable bonds is 66. The third-order valence-corrected chi connectivity index (χ3v) is 16.6. The van der Waals surface area contributed by atoms with Crippen molar-refractivity contribution in [3.05, 3.63) is 12.2 Å². The molecule has 0 aromatic rings. The van der Waals surface area contributed by atoms with Gasteiger partial charge in [0.15, 0.2) is 0 Å². The summed E-state index contributed by atoms with van der Waals surface area (Å²) in [6.07, 6.45) is 81.8. The molecule has 3 N–H and O–H groups in total. The van der Waals surface area contributed by atoms with Crippen LogP contribution in [0.1, 0.15) is 399 Å². The van der Waals surface area contributed by atoms with E-state index in [9.17, 15) is 19.8 Å². The van der Waals surface area contributed by atoms with E-state index in [1.54, 1.807) is 6.08 Å². The average molecular weight is 1070 g/mol. The van der Waals surface area contributed by atoms with Crippen LogP contribution >= 0.6 is 0 Å². The van der Waals surface area contributed by atoms with Crippen LogP contribution < -0.4 is 5.32 Å². The van der Waals surface area contributed by atoms with Gasteiger partial charge in [0.1, 0.15) is 0 Å². The Balaban J connectivity index is 3.27. The SMILES string of the molecule is CCCCCCCCCC/C=C/C(O)C(CO)NC(=O)CCCCCCCCCCCCCCCCCCCCCCCCCCCCCCCCCCCCCCCOC(=O)CCCCCCCCCCCCCC. The number of allylic oxidation sites excluding steroid dienone is 1. The highest BCUT2D eigenvalue weighted by atomic mass is 16.5. The maximum atomic E-state index is 12.4. The lowest BCUT2D eigenvalue weighted by Gasteiger charge is -2.20. The maximum absolute atomic E-state index is 12.4. The molecule has 0 aliphatic rings. The van der Waals surface area contributed by atoms with Crippen molar-refractivity contribution in [2.24, 2.45) is 0 Å². The summed E-state index contributed by atoms with van der Waals surface area (Å²) in [4.78, 5) is 24.5. The molecular weight excluding hydrogens is 935 g/mol. The summed E-state index contributed by atoms with van der Waals surface area (Å²) in [6, 6.07) is -0.620. The number of ether oxygens (including phenoxy) is 1. The van der Waals surface area contributed by atoms with Gasteiger partial charge in [-0.15, -0.1) is 0 Å². The molecule has 0 aromatic heterocycles. The Hall–Kier alpha value is -1.40. The summed E-state index contributed by atoms with van der Waals surface area (Å²) in [5.41, 5.74) is 0. The number of esters is 1. The number of carbonyl (C=O) groups excluding carboxylic acids is 2. The van der Waals surface area contributed by atoms with Crippen LogP contribution in [0.15, 0.2) is 12.2 Å². The van der Waals surface area contributed by atoms with Crippen LogP contribution in [0.25, 0.3) is 0 Å². The highest BCUT2D eigenvalue weighted by Crippen LogP contribution is 2.19. The average Bonchev–Trinajstić information content (AvgIpc) is 3.42. The lowest BCUT2D eigenvalue weighted by atomic mass is 10.0. The summed E-state index contributed by atoms with van der Waals surface area (Å²) in [7, 11) is 0. The van der Waals surface area contributed by atoms with Crippen molar-refractivity contribution in [3.8, 4) is 0 Å². The molecule has 0 aliphatic carbocycles. The van der Waals surface area contributed by atoms with Crippen molar-refractivity contribution in [2.45, 2.75) is 411 Å². The van der Waals surface area contributed by atoms with E-state index in [1.165, 1.54) is 334 Å². The van der Waals surface area contributed by atoms with Crippen LogP contribution in [-0.2, 0) is 14.3 Å². The first-order valence-corrected chi connectivity index (χ1v) is 35.0. The first-order chi connectivity index (χ1) is 37.5. The standard InChI is InChI=1S/C70H137NO5/c1-3-5-7-9-11-13-15-44-48-52-56-60-64-70(75)76-65-61-57-53-49-45-42-40-38-36-34-32-30-28-26-24-22-20-18-16-17-19-21-23-25-27-29-31-33-35-37-39-41-43-47-51-55-59-63-69(74)71-67(66-72)68(73)62-58-54-50-46-14-12-10-8-6-4-2/h58,62,67-68,72-73H,3-57,59-61,63-66H2,1-2H3,(H,71,74)/b62-58+. The van der Waals surface area contributed by atoms with Gasteiger partial charge in [0, 0.05) is 12.8 Å². The quantitative estimate of drug-likeness (QED) is 0.0320. The Morgan fingerprint density at radius 2 is 0.605 bits per heavy atom. The molecule has 0 heterocycles. The number of carbonyl (C=O) groups is 2. The Kier molecular flexibility index (Phi) is 64.9. The fraction of sp³-hybridized carbons (Fsp3) is 0.943. The molecule has 0 saturated heterocycles. The monoisotopic (exact) mass is 1070 g/mol. The topological polar surface area (TPSA) is 95.9 Å². The minimum Gasteiger partial charge on any atom is -0.466 e. The van der Waals surface area contributed by atoms with Crippen molar-refractivity contribution in [3.63, 3.8) is 0 Å². The molecule has 0 aromatic carbocycles. The second-order valence-corrected chi connectivity index (χ2v) is 24.2. The Bertz CT molecular complexity index is 1140. The normalized spacial score (nSPS) is 12.5. The van der Waals surface area contributed by atoms with Gasteiger partial charge in [0.25, 0.3) is 0 Å². The lowest BCUT2D eigenvalue weighted by Crippen LogP contribution is -2.45. The van der Waals surface area contributed by atoms with Crippen molar-refractivity contribution in [2.75, 3.05) is 13.2 Å². The fourth-order valence-electron chi connectivity index (χ4n) is 11.2. The van der Waals surface area contributed by atoms with E-state index in [4.69, 9.17) is 4.74 Å². The van der Waals surface area contributed by atoms with Gasteiger partial charge >= 0.3 is 5.97 Å². The number of aliphatic hydroxyl groups excluding tert-OH is 2. The van der Waals surface area contributed by atoms with E-state index < -0.39 is 12.1 Å². The third kappa shape index (κ3) is 61.8. The molecule has 2 unspecified atom stereocenters. The Morgan fingerprint density at radius 1 is 0.355 bits per heavy atom. The number of aliphatic hydroxyl groups is 2. The Labute approximate surface area is 476 Å². The number of hydrogen-bond acceptors (Lipinski definition) is 5. The molecule has 0 fully saturated rings. The van der Waals surface area contributed by atoms with Crippen LogP contribution in [-0.4, -0.2) is 47.4 Å². The molecule has 6 nitrogen and oxygen atoms in total. The largest absolute Gasteiger partial charge is 0.466 e. The highest BCUT2D eigenvalue weighted by molar-refractivity contribution is 5.76. The minimum atomic E-state index is -0.837. The number of hydrogen-bond donors (Lipinski definition) is 3. The fourth-order valence-corrected chi connectivity index (χ4v) is 11.2. The summed E-state index contributed by atoms with van der Waals surface area (Å²) in [6.45, 7) is 4.92. The summed E-state index contributed by atoms with van der Waals surface area (Å²) >= 11 is 0. The molecule has 452 valence electrons. The van der Waals surface area contributed by atoms with Crippen molar-refractivity contribution >= 4 is 11.9 Å². The zero-order valence-corrected chi connectivity index (χ0v) is 51.8. The van der Waals surface area contributed by atoms with Crippen molar-refractivity contribution < 1.29 is 24.5 Å². The van der Waals surface area contributed by atoms with Crippen molar-refractivity contribution in [1.29, 1.82) is 0 Å². The van der Waals surface area contributed by atoms with Gasteiger partial charge in [-0.3, -0.25) is 9.59 Å². The third-order valence-electron chi connectivity index (χ3n) is 16.6. The molecule has 76 heavy (non-hydrogen) atoms. The molecule has 6 heteroatoms. The number of amides is 1. The molecule has 0 bridgehead atoms. The molecule has 1 amide bonds. The van der Waals surface area contributed by atoms with E-state index in [0.717, 1.165) is 38.5 Å². The van der Waals surface area contributed by atoms with E-state index >= 15 is 0 Å². The van der Waals surface area contributed by atoms with Crippen LogP contribution in [0.3, 0.4) is 0 Å². The first kappa shape index (κ1) is 74.6. The molecular formula is C70H137NO5. The summed E-state index contributed by atoms with van der Waals surface area (Å²) < 4.78 is 5.49. The maximum Gasteiger partial charge on any atom is 0.305 e. The molecule has 0 radical (unpaired) electrons.